The summed E-state index contributed by atoms with van der Waals surface area (Å²) in [5.74, 6) is 0.736. The van der Waals surface area contributed by atoms with Crippen LogP contribution in [0.15, 0.2) is 47.7 Å². The number of aromatic nitrogens is 5. The fraction of sp³-hybridized carbons (Fsp3) is 0.364. The molecule has 1 unspecified atom stereocenters. The fourth-order valence-electron chi connectivity index (χ4n) is 4.01. The highest BCUT2D eigenvalue weighted by atomic mass is 19.1. The van der Waals surface area contributed by atoms with E-state index in [1.165, 1.54) is 17.0 Å². The van der Waals surface area contributed by atoms with Gasteiger partial charge in [0.05, 0.1) is 32.3 Å². The number of hydrogen-bond donors (Lipinski definition) is 0. The molecule has 0 radical (unpaired) electrons. The smallest absolute Gasteiger partial charge is 0.425 e. The Balaban J connectivity index is 1.54. The van der Waals surface area contributed by atoms with Crippen LogP contribution < -0.4 is 15.4 Å². The first-order valence-electron chi connectivity index (χ1n) is 10.5. The maximum absolute atomic E-state index is 15.1. The summed E-state index contributed by atoms with van der Waals surface area (Å²) in [5, 5.41) is 4.77. The Morgan fingerprint density at radius 1 is 1.25 bits per heavy atom. The van der Waals surface area contributed by atoms with Gasteiger partial charge in [0.15, 0.2) is 5.65 Å². The van der Waals surface area contributed by atoms with E-state index in [1.807, 2.05) is 29.2 Å². The van der Waals surface area contributed by atoms with Crippen LogP contribution >= 0.6 is 0 Å². The molecule has 1 aliphatic heterocycles. The van der Waals surface area contributed by atoms with Gasteiger partial charge in [-0.1, -0.05) is 12.1 Å². The summed E-state index contributed by atoms with van der Waals surface area (Å²) in [6.45, 7) is 3.24. The molecule has 1 N–H and O–H groups in total. The number of H-pyrrole nitrogens is 1. The standard InChI is InChI=1S/C22H23FN6O3/c1-31-17-4-2-15(3-5-17)12-28-20-18(21-25-14-26-29(21)22(28)30)10-16(11-24-20)19(23)13-27-6-8-32-9-7-27/h2-5,10-11,14,19H,6-9,12-13H2,1H3/p+1. The third-order valence-corrected chi connectivity index (χ3v) is 5.78. The summed E-state index contributed by atoms with van der Waals surface area (Å²) in [6, 6.07) is 9.22. The molecule has 3 aromatic heterocycles. The van der Waals surface area contributed by atoms with Crippen molar-refractivity contribution in [1.82, 2.24) is 24.1 Å². The van der Waals surface area contributed by atoms with E-state index in [9.17, 15) is 4.79 Å². The van der Waals surface area contributed by atoms with Gasteiger partial charge in [0.2, 0.25) is 0 Å². The number of alkyl halides is 1. The molecule has 1 aromatic carbocycles. The second-order valence-electron chi connectivity index (χ2n) is 7.79. The van der Waals surface area contributed by atoms with Crippen LogP contribution in [0.2, 0.25) is 0 Å². The molecule has 32 heavy (non-hydrogen) atoms. The maximum atomic E-state index is 15.1. The van der Waals surface area contributed by atoms with Gasteiger partial charge in [-0.15, -0.1) is 0 Å². The molecule has 1 fully saturated rings. The lowest BCUT2D eigenvalue weighted by Crippen LogP contribution is -2.38. The highest BCUT2D eigenvalue weighted by molar-refractivity contribution is 5.87. The Hall–Kier alpha value is -3.37. The minimum absolute atomic E-state index is 0.279. The van der Waals surface area contributed by atoms with Gasteiger partial charge >= 0.3 is 5.69 Å². The number of fused-ring (bicyclic) bond motifs is 3. The molecule has 5 rings (SSSR count). The Labute approximate surface area is 183 Å². The minimum Gasteiger partial charge on any atom is -0.497 e. The van der Waals surface area contributed by atoms with Crippen molar-refractivity contribution in [2.45, 2.75) is 12.7 Å². The van der Waals surface area contributed by atoms with Crippen LogP contribution in [0.5, 0.6) is 5.75 Å². The SMILES string of the molecule is COc1ccc(Cn2c(=O)n3nc[nH+]c3c3cc(C(F)CN4CCOCC4)cnc32)cc1. The lowest BCUT2D eigenvalue weighted by atomic mass is 10.1. The molecule has 1 saturated heterocycles. The number of aromatic amines is 1. The quantitative estimate of drug-likeness (QED) is 0.450. The van der Waals surface area contributed by atoms with Crippen LogP contribution in [0, 0.1) is 0 Å². The van der Waals surface area contributed by atoms with E-state index in [1.54, 1.807) is 17.7 Å². The van der Waals surface area contributed by atoms with Crippen molar-refractivity contribution in [3.63, 3.8) is 0 Å². The Kier molecular flexibility index (Phi) is 5.54. The summed E-state index contributed by atoms with van der Waals surface area (Å²) in [7, 11) is 1.61. The predicted octanol–water partition coefficient (Wildman–Crippen LogP) is 1.26. The number of methoxy groups -OCH3 is 1. The number of rotatable bonds is 6. The number of nitrogens with one attached hydrogen (secondary N) is 1. The van der Waals surface area contributed by atoms with Crippen molar-refractivity contribution in [1.29, 1.82) is 0 Å². The molecule has 4 heterocycles. The van der Waals surface area contributed by atoms with E-state index >= 15 is 4.39 Å². The van der Waals surface area contributed by atoms with Crippen LogP contribution in [0.25, 0.3) is 16.7 Å². The monoisotopic (exact) mass is 439 g/mol. The second-order valence-corrected chi connectivity index (χ2v) is 7.79. The van der Waals surface area contributed by atoms with E-state index in [2.05, 4.69) is 15.1 Å². The van der Waals surface area contributed by atoms with Crippen LogP contribution in [0.1, 0.15) is 17.3 Å². The van der Waals surface area contributed by atoms with E-state index < -0.39 is 6.17 Å². The van der Waals surface area contributed by atoms with Gasteiger partial charge in [-0.3, -0.25) is 9.47 Å². The molecule has 9 nitrogen and oxygen atoms in total. The largest absolute Gasteiger partial charge is 0.497 e. The van der Waals surface area contributed by atoms with E-state index in [0.29, 0.717) is 55.1 Å². The first kappa shape index (κ1) is 20.5. The zero-order chi connectivity index (χ0) is 22.1. The van der Waals surface area contributed by atoms with Crippen LogP contribution in [-0.4, -0.2) is 64.0 Å². The Morgan fingerprint density at radius 3 is 2.78 bits per heavy atom. The first-order valence-corrected chi connectivity index (χ1v) is 10.5. The van der Waals surface area contributed by atoms with Gasteiger partial charge in [0, 0.05) is 36.5 Å². The van der Waals surface area contributed by atoms with Crippen molar-refractivity contribution >= 4 is 16.7 Å². The van der Waals surface area contributed by atoms with E-state index in [-0.39, 0.29) is 12.2 Å². The second kappa shape index (κ2) is 8.64. The van der Waals surface area contributed by atoms with Gasteiger partial charge in [-0.05, 0) is 28.3 Å². The predicted molar refractivity (Wildman–Crippen MR) is 115 cm³/mol. The number of morpholine rings is 1. The van der Waals surface area contributed by atoms with Crippen molar-refractivity contribution in [2.75, 3.05) is 40.0 Å². The average Bonchev–Trinajstić information content (AvgIpc) is 3.33. The summed E-state index contributed by atoms with van der Waals surface area (Å²) < 4.78 is 28.5. The van der Waals surface area contributed by atoms with Crippen LogP contribution in [0.3, 0.4) is 0 Å². The lowest BCUT2D eigenvalue weighted by Gasteiger charge is -2.27. The normalized spacial score (nSPS) is 15.9. The van der Waals surface area contributed by atoms with E-state index in [0.717, 1.165) is 11.3 Å². The highest BCUT2D eigenvalue weighted by Gasteiger charge is 2.23. The van der Waals surface area contributed by atoms with Crippen molar-refractivity contribution in [3.05, 3.63) is 64.5 Å². The lowest BCUT2D eigenvalue weighted by molar-refractivity contribution is -0.345. The fourth-order valence-corrected chi connectivity index (χ4v) is 4.01. The summed E-state index contributed by atoms with van der Waals surface area (Å²) in [6.07, 6.45) is 1.76. The number of nitrogens with zero attached hydrogens (tertiary/aromatic N) is 5. The summed E-state index contributed by atoms with van der Waals surface area (Å²) in [4.78, 5) is 22.6. The zero-order valence-corrected chi connectivity index (χ0v) is 17.7. The van der Waals surface area contributed by atoms with Gasteiger partial charge in [0.1, 0.15) is 11.9 Å². The summed E-state index contributed by atoms with van der Waals surface area (Å²) in [5.41, 5.74) is 2.01. The van der Waals surface area contributed by atoms with E-state index in [4.69, 9.17) is 9.47 Å². The van der Waals surface area contributed by atoms with Gasteiger partial charge in [-0.25, -0.2) is 19.2 Å². The van der Waals surface area contributed by atoms with Crippen molar-refractivity contribution in [3.8, 4) is 5.75 Å². The molecule has 0 saturated carbocycles. The van der Waals surface area contributed by atoms with Crippen molar-refractivity contribution in [2.24, 2.45) is 0 Å². The average molecular weight is 439 g/mol. The third-order valence-electron chi connectivity index (χ3n) is 5.78. The molecule has 0 amide bonds. The molecule has 0 spiro atoms. The number of ether oxygens (including phenoxy) is 2. The molecule has 10 heteroatoms. The molecular formula is C22H24FN6O3+. The number of pyridine rings is 1. The van der Waals surface area contributed by atoms with Gasteiger partial charge in [-0.2, -0.15) is 0 Å². The highest BCUT2D eigenvalue weighted by Crippen LogP contribution is 2.24. The topological polar surface area (TPSA) is 88.0 Å². The zero-order valence-electron chi connectivity index (χ0n) is 17.7. The molecule has 1 aliphatic rings. The Bertz CT molecular complexity index is 1300. The molecule has 4 aromatic rings. The Morgan fingerprint density at radius 2 is 2.03 bits per heavy atom. The van der Waals surface area contributed by atoms with Gasteiger partial charge in [0.25, 0.3) is 12.0 Å². The third kappa shape index (κ3) is 3.82. The molecule has 1 atom stereocenters. The molecule has 166 valence electrons. The summed E-state index contributed by atoms with van der Waals surface area (Å²) >= 11 is 0. The first-order chi connectivity index (χ1) is 15.6. The number of halogens is 1. The number of hydrogen-bond acceptors (Lipinski definition) is 6. The molecular weight excluding hydrogens is 415 g/mol. The maximum Gasteiger partial charge on any atom is 0.425 e. The molecule has 0 bridgehead atoms. The van der Waals surface area contributed by atoms with Crippen LogP contribution in [0.4, 0.5) is 4.39 Å². The van der Waals surface area contributed by atoms with Crippen molar-refractivity contribution < 1.29 is 18.8 Å². The molecule has 0 aliphatic carbocycles. The van der Waals surface area contributed by atoms with Crippen LogP contribution in [-0.2, 0) is 11.3 Å². The van der Waals surface area contributed by atoms with Gasteiger partial charge < -0.3 is 9.47 Å². The minimum atomic E-state index is -1.20. The number of benzene rings is 1.